The molecular weight excluding hydrogens is 280 g/mol. The molecule has 0 fully saturated rings. The molecule has 0 saturated carbocycles. The Morgan fingerprint density at radius 3 is 2.50 bits per heavy atom. The van der Waals surface area contributed by atoms with Gasteiger partial charge in [0.1, 0.15) is 11.6 Å². The highest BCUT2D eigenvalue weighted by atomic mass is 16.3. The fraction of sp³-hybridized carbons (Fsp3) is 0. The number of nitrogens with zero attached hydrogens (tertiary/aromatic N) is 1. The monoisotopic (exact) mass is 292 g/mol. The van der Waals surface area contributed by atoms with E-state index in [2.05, 4.69) is 10.3 Å². The first-order chi connectivity index (χ1) is 10.8. The van der Waals surface area contributed by atoms with Gasteiger partial charge in [-0.05, 0) is 36.4 Å². The predicted molar refractivity (Wildman–Crippen MR) is 81.7 cm³/mol. The highest BCUT2D eigenvalue weighted by Crippen LogP contribution is 2.22. The molecule has 0 atom stereocenters. The van der Waals surface area contributed by atoms with Gasteiger partial charge in [-0.1, -0.05) is 18.2 Å². The van der Waals surface area contributed by atoms with Crippen molar-refractivity contribution in [3.05, 3.63) is 72.1 Å². The van der Waals surface area contributed by atoms with E-state index < -0.39 is 0 Å². The second-order valence-corrected chi connectivity index (χ2v) is 4.57. The van der Waals surface area contributed by atoms with Crippen molar-refractivity contribution in [2.75, 3.05) is 5.32 Å². The molecule has 3 aromatic rings. The number of carbonyl (C=O) groups is 2. The predicted octanol–water partition coefficient (Wildman–Crippen LogP) is 3.41. The Kier molecular flexibility index (Phi) is 3.78. The molecule has 0 aliphatic rings. The van der Waals surface area contributed by atoms with E-state index in [0.717, 1.165) is 5.56 Å². The Bertz CT molecular complexity index is 792. The maximum absolute atomic E-state index is 12.1. The lowest BCUT2D eigenvalue weighted by Crippen LogP contribution is -2.12. The molecule has 22 heavy (non-hydrogen) atoms. The van der Waals surface area contributed by atoms with Gasteiger partial charge in [0, 0.05) is 17.3 Å². The number of nitrogens with one attached hydrogen (secondary N) is 1. The summed E-state index contributed by atoms with van der Waals surface area (Å²) < 4.78 is 5.34. The number of anilines is 1. The number of aldehydes is 1. The van der Waals surface area contributed by atoms with Gasteiger partial charge in [-0.25, -0.2) is 4.98 Å². The summed E-state index contributed by atoms with van der Waals surface area (Å²) in [6.07, 6.45) is 2.26. The second-order valence-electron chi connectivity index (χ2n) is 4.57. The molecule has 0 aliphatic carbocycles. The molecule has 0 bridgehead atoms. The summed E-state index contributed by atoms with van der Waals surface area (Å²) in [6.45, 7) is 0. The average molecular weight is 292 g/mol. The van der Waals surface area contributed by atoms with Crippen molar-refractivity contribution in [1.82, 2.24) is 4.98 Å². The van der Waals surface area contributed by atoms with Gasteiger partial charge in [-0.15, -0.1) is 0 Å². The van der Waals surface area contributed by atoms with Crippen LogP contribution in [0.4, 0.5) is 5.82 Å². The number of hydrogen-bond donors (Lipinski definition) is 1. The van der Waals surface area contributed by atoms with Gasteiger partial charge in [0.05, 0.1) is 0 Å². The average Bonchev–Trinajstić information content (AvgIpc) is 3.05. The lowest BCUT2D eigenvalue weighted by Gasteiger charge is -2.04. The van der Waals surface area contributed by atoms with Gasteiger partial charge in [-0.3, -0.25) is 9.59 Å². The highest BCUT2D eigenvalue weighted by Gasteiger charge is 2.08. The Morgan fingerprint density at radius 2 is 1.86 bits per heavy atom. The Morgan fingerprint density at radius 1 is 1.05 bits per heavy atom. The zero-order valence-electron chi connectivity index (χ0n) is 11.5. The maximum atomic E-state index is 12.1. The lowest BCUT2D eigenvalue weighted by molar-refractivity contribution is 0.102. The first-order valence-electron chi connectivity index (χ1n) is 6.64. The molecular formula is C17H12N2O3. The molecule has 0 unspecified atom stereocenters. The van der Waals surface area contributed by atoms with E-state index in [-0.39, 0.29) is 11.7 Å². The molecule has 2 aromatic heterocycles. The minimum atomic E-state index is -0.238. The van der Waals surface area contributed by atoms with E-state index in [4.69, 9.17) is 4.42 Å². The Labute approximate surface area is 126 Å². The van der Waals surface area contributed by atoms with Crippen LogP contribution >= 0.6 is 0 Å². The van der Waals surface area contributed by atoms with Crippen molar-refractivity contribution in [2.24, 2.45) is 0 Å². The zero-order chi connectivity index (χ0) is 15.4. The molecule has 108 valence electrons. The summed E-state index contributed by atoms with van der Waals surface area (Å²) in [5.74, 6) is 1.11. The van der Waals surface area contributed by atoms with Gasteiger partial charge < -0.3 is 9.73 Å². The Hall–Kier alpha value is -3.21. The fourth-order valence-electron chi connectivity index (χ4n) is 1.98. The first-order valence-corrected chi connectivity index (χ1v) is 6.64. The highest BCUT2D eigenvalue weighted by molar-refractivity contribution is 6.03. The van der Waals surface area contributed by atoms with Gasteiger partial charge in [0.15, 0.2) is 12.0 Å². The summed E-state index contributed by atoms with van der Waals surface area (Å²) in [5, 5.41) is 2.71. The van der Waals surface area contributed by atoms with Crippen molar-refractivity contribution < 1.29 is 14.0 Å². The van der Waals surface area contributed by atoms with E-state index in [1.807, 2.05) is 0 Å². The van der Waals surface area contributed by atoms with Crippen molar-refractivity contribution in [2.45, 2.75) is 0 Å². The molecule has 0 saturated heterocycles. The number of rotatable bonds is 4. The van der Waals surface area contributed by atoms with Crippen LogP contribution in [0.1, 0.15) is 20.9 Å². The number of furan rings is 1. The van der Waals surface area contributed by atoms with Gasteiger partial charge in [0.2, 0.25) is 0 Å². The van der Waals surface area contributed by atoms with Crippen molar-refractivity contribution in [3.63, 3.8) is 0 Å². The SMILES string of the molecule is O=Cc1ccc(-c2ccc(C(=O)Nc3ccccn3)cc2)o1. The Balaban J connectivity index is 1.76. The third-order valence-electron chi connectivity index (χ3n) is 3.08. The number of carbonyl (C=O) groups excluding carboxylic acids is 2. The lowest BCUT2D eigenvalue weighted by atomic mass is 10.1. The standard InChI is InChI=1S/C17H12N2O3/c20-11-14-8-9-15(22-14)12-4-6-13(7-5-12)17(21)19-16-3-1-2-10-18-16/h1-11H,(H,18,19,21). The minimum absolute atomic E-state index is 0.238. The number of pyridine rings is 1. The molecule has 5 nitrogen and oxygen atoms in total. The minimum Gasteiger partial charge on any atom is -0.453 e. The van der Waals surface area contributed by atoms with Crippen LogP contribution in [0.15, 0.2) is 65.2 Å². The fourth-order valence-corrected chi connectivity index (χ4v) is 1.98. The molecule has 1 aromatic carbocycles. The molecule has 3 rings (SSSR count). The van der Waals surface area contributed by atoms with Crippen LogP contribution in [0, 0.1) is 0 Å². The smallest absolute Gasteiger partial charge is 0.256 e. The quantitative estimate of drug-likeness (QED) is 0.748. The molecule has 0 radical (unpaired) electrons. The summed E-state index contributed by atoms with van der Waals surface area (Å²) >= 11 is 0. The third kappa shape index (κ3) is 2.93. The summed E-state index contributed by atoms with van der Waals surface area (Å²) in [6, 6.07) is 15.5. The van der Waals surface area contributed by atoms with Crippen molar-refractivity contribution >= 4 is 18.0 Å². The maximum Gasteiger partial charge on any atom is 0.256 e. The van der Waals surface area contributed by atoms with Crippen LogP contribution in [0.2, 0.25) is 0 Å². The summed E-state index contributed by atoms with van der Waals surface area (Å²) in [7, 11) is 0. The molecule has 0 aliphatic heterocycles. The van der Waals surface area contributed by atoms with Gasteiger partial charge in [0.25, 0.3) is 5.91 Å². The van der Waals surface area contributed by atoms with E-state index in [0.29, 0.717) is 23.4 Å². The first kappa shape index (κ1) is 13.8. The van der Waals surface area contributed by atoms with E-state index in [1.54, 1.807) is 60.8 Å². The van der Waals surface area contributed by atoms with E-state index >= 15 is 0 Å². The van der Waals surface area contributed by atoms with Gasteiger partial charge >= 0.3 is 0 Å². The number of hydrogen-bond acceptors (Lipinski definition) is 4. The zero-order valence-corrected chi connectivity index (χ0v) is 11.5. The normalized spacial score (nSPS) is 10.2. The molecule has 5 heteroatoms. The van der Waals surface area contributed by atoms with Crippen molar-refractivity contribution in [1.29, 1.82) is 0 Å². The molecule has 2 heterocycles. The molecule has 1 N–H and O–H groups in total. The van der Waals surface area contributed by atoms with E-state index in [9.17, 15) is 9.59 Å². The summed E-state index contributed by atoms with van der Waals surface area (Å²) in [5.41, 5.74) is 1.30. The molecule has 0 spiro atoms. The molecule has 1 amide bonds. The van der Waals surface area contributed by atoms with Gasteiger partial charge in [-0.2, -0.15) is 0 Å². The largest absolute Gasteiger partial charge is 0.453 e. The van der Waals surface area contributed by atoms with Crippen LogP contribution in [0.3, 0.4) is 0 Å². The van der Waals surface area contributed by atoms with Crippen LogP contribution < -0.4 is 5.32 Å². The topological polar surface area (TPSA) is 72.2 Å². The number of benzene rings is 1. The number of aromatic nitrogens is 1. The van der Waals surface area contributed by atoms with Crippen LogP contribution in [-0.4, -0.2) is 17.2 Å². The second kappa shape index (κ2) is 6.05. The third-order valence-corrected chi connectivity index (χ3v) is 3.08. The van der Waals surface area contributed by atoms with E-state index in [1.165, 1.54) is 0 Å². The van der Waals surface area contributed by atoms with Crippen LogP contribution in [-0.2, 0) is 0 Å². The summed E-state index contributed by atoms with van der Waals surface area (Å²) in [4.78, 5) is 26.7. The van der Waals surface area contributed by atoms with Crippen molar-refractivity contribution in [3.8, 4) is 11.3 Å². The van der Waals surface area contributed by atoms with Crippen LogP contribution in [0.25, 0.3) is 11.3 Å². The van der Waals surface area contributed by atoms with Crippen LogP contribution in [0.5, 0.6) is 0 Å². The number of amides is 1.